The maximum Gasteiger partial charge on any atom is 0.100 e. The Morgan fingerprint density at radius 2 is 2.05 bits per heavy atom. The number of allylic oxidation sites excluding steroid dienone is 1. The molecule has 1 saturated heterocycles. The molecule has 2 nitrogen and oxygen atoms in total. The van der Waals surface area contributed by atoms with Gasteiger partial charge in [-0.05, 0) is 46.1 Å². The van der Waals surface area contributed by atoms with Crippen LogP contribution in [0, 0.1) is 0 Å². The molecule has 0 saturated carbocycles. The minimum atomic E-state index is -0.0321. The van der Waals surface area contributed by atoms with Gasteiger partial charge < -0.3 is 5.01 Å². The first-order valence-electron chi connectivity index (χ1n) is 6.97. The third-order valence-electron chi connectivity index (χ3n) is 4.15. The summed E-state index contributed by atoms with van der Waals surface area (Å²) >= 11 is 0. The van der Waals surface area contributed by atoms with E-state index >= 15 is 0 Å². The summed E-state index contributed by atoms with van der Waals surface area (Å²) in [6, 6.07) is 0. The number of hydrogen-bond acceptors (Lipinski definition) is 2. The average molecular weight is 266 g/mol. The predicted octanol–water partition coefficient (Wildman–Crippen LogP) is 4.43. The minimum absolute atomic E-state index is 0.0249. The molecule has 1 fully saturated rings. The highest BCUT2D eigenvalue weighted by molar-refractivity contribution is 5.15. The van der Waals surface area contributed by atoms with E-state index in [1.54, 1.807) is 20.0 Å². The molecule has 0 bridgehead atoms. The lowest BCUT2D eigenvalue weighted by molar-refractivity contribution is -0.0228. The van der Waals surface area contributed by atoms with E-state index in [0.29, 0.717) is 13.0 Å². The lowest BCUT2D eigenvalue weighted by Gasteiger charge is -2.43. The topological polar surface area (TPSA) is 6.48 Å². The molecule has 0 aromatic heterocycles. The van der Waals surface area contributed by atoms with Crippen LogP contribution in [0.25, 0.3) is 0 Å². The summed E-state index contributed by atoms with van der Waals surface area (Å²) in [6.07, 6.45) is 4.46. The molecule has 108 valence electrons. The largest absolute Gasteiger partial charge is 0.312 e. The van der Waals surface area contributed by atoms with Crippen molar-refractivity contribution < 1.29 is 4.39 Å². The lowest BCUT2D eigenvalue weighted by Crippen LogP contribution is -2.50. The van der Waals surface area contributed by atoms with Crippen LogP contribution in [0.3, 0.4) is 0 Å². The Hall–Kier alpha value is -1.09. The van der Waals surface area contributed by atoms with Crippen molar-refractivity contribution in [1.82, 2.24) is 10.0 Å². The maximum absolute atomic E-state index is 13.6. The van der Waals surface area contributed by atoms with Crippen LogP contribution in [0.15, 0.2) is 36.3 Å². The van der Waals surface area contributed by atoms with Gasteiger partial charge in [0.05, 0.1) is 5.54 Å². The summed E-state index contributed by atoms with van der Waals surface area (Å²) in [4.78, 5) is 0. The molecule has 1 heterocycles. The van der Waals surface area contributed by atoms with E-state index in [0.717, 1.165) is 30.5 Å². The predicted molar refractivity (Wildman–Crippen MR) is 80.2 cm³/mol. The van der Waals surface area contributed by atoms with Gasteiger partial charge in [0.2, 0.25) is 0 Å². The van der Waals surface area contributed by atoms with Gasteiger partial charge in [0, 0.05) is 25.7 Å². The number of hydrazine groups is 1. The van der Waals surface area contributed by atoms with Crippen LogP contribution < -0.4 is 0 Å². The number of hydrogen-bond donors (Lipinski definition) is 0. The molecule has 0 aromatic carbocycles. The molecular weight excluding hydrogens is 239 g/mol. The molecule has 3 heteroatoms. The van der Waals surface area contributed by atoms with Crippen molar-refractivity contribution in [3.05, 3.63) is 36.3 Å². The quantitative estimate of drug-likeness (QED) is 0.656. The third-order valence-corrected chi connectivity index (χ3v) is 4.15. The molecule has 1 aliphatic rings. The molecule has 1 rings (SSSR count). The van der Waals surface area contributed by atoms with Crippen molar-refractivity contribution >= 4 is 0 Å². The SMILES string of the molecule is C=CN(CCC(F)=C(C)C)N1CCCC1(C)C(=C)C. The number of rotatable bonds is 6. The highest BCUT2D eigenvalue weighted by Crippen LogP contribution is 2.36. The first-order chi connectivity index (χ1) is 8.82. The highest BCUT2D eigenvalue weighted by Gasteiger charge is 2.39. The van der Waals surface area contributed by atoms with E-state index in [9.17, 15) is 4.39 Å². The monoisotopic (exact) mass is 266 g/mol. The Balaban J connectivity index is 2.77. The van der Waals surface area contributed by atoms with Crippen molar-refractivity contribution in [2.75, 3.05) is 13.1 Å². The Bertz CT molecular complexity index is 382. The fourth-order valence-electron chi connectivity index (χ4n) is 2.57. The molecular formula is C16H27FN2. The van der Waals surface area contributed by atoms with Gasteiger partial charge in [0.1, 0.15) is 5.83 Å². The van der Waals surface area contributed by atoms with Crippen LogP contribution in [0.2, 0.25) is 0 Å². The second-order valence-corrected chi connectivity index (χ2v) is 5.78. The molecule has 1 aliphatic heterocycles. The fourth-order valence-corrected chi connectivity index (χ4v) is 2.57. The van der Waals surface area contributed by atoms with Crippen molar-refractivity contribution in [2.24, 2.45) is 0 Å². The van der Waals surface area contributed by atoms with Crippen LogP contribution in [-0.2, 0) is 0 Å². The Kier molecular flexibility index (Phi) is 5.36. The number of halogens is 1. The summed E-state index contributed by atoms with van der Waals surface area (Å²) in [5, 5.41) is 4.32. The van der Waals surface area contributed by atoms with E-state index in [2.05, 4.69) is 32.0 Å². The van der Waals surface area contributed by atoms with Gasteiger partial charge in [-0.15, -0.1) is 0 Å². The summed E-state index contributed by atoms with van der Waals surface area (Å²) in [7, 11) is 0. The van der Waals surface area contributed by atoms with Crippen LogP contribution >= 0.6 is 0 Å². The van der Waals surface area contributed by atoms with Crippen molar-refractivity contribution in [1.29, 1.82) is 0 Å². The van der Waals surface area contributed by atoms with Crippen LogP contribution in [0.5, 0.6) is 0 Å². The van der Waals surface area contributed by atoms with Gasteiger partial charge in [-0.1, -0.05) is 18.7 Å². The van der Waals surface area contributed by atoms with Gasteiger partial charge in [-0.25, -0.2) is 9.40 Å². The third kappa shape index (κ3) is 3.47. The van der Waals surface area contributed by atoms with Crippen LogP contribution in [0.4, 0.5) is 4.39 Å². The maximum atomic E-state index is 13.6. The van der Waals surface area contributed by atoms with Gasteiger partial charge in [-0.2, -0.15) is 0 Å². The van der Waals surface area contributed by atoms with E-state index < -0.39 is 0 Å². The van der Waals surface area contributed by atoms with Gasteiger partial charge in [-0.3, -0.25) is 0 Å². The smallest absolute Gasteiger partial charge is 0.100 e. The molecule has 1 unspecified atom stereocenters. The summed E-state index contributed by atoms with van der Waals surface area (Å²) < 4.78 is 13.6. The fraction of sp³-hybridized carbons (Fsp3) is 0.625. The molecule has 0 N–H and O–H groups in total. The molecule has 0 spiro atoms. The summed E-state index contributed by atoms with van der Waals surface area (Å²) in [5.41, 5.74) is 1.88. The second kappa shape index (κ2) is 6.38. The van der Waals surface area contributed by atoms with Crippen LogP contribution in [-0.4, -0.2) is 28.6 Å². The zero-order chi connectivity index (χ0) is 14.6. The number of nitrogens with zero attached hydrogens (tertiary/aromatic N) is 2. The average Bonchev–Trinajstić information content (AvgIpc) is 2.73. The Labute approximate surface area is 117 Å². The normalized spacial score (nSPS) is 23.2. The standard InChI is InChI=1S/C16H27FN2/c1-7-18(12-9-15(17)13(2)3)19-11-8-10-16(19,6)14(4)5/h7H,1,4,8-12H2,2-3,5-6H3. The molecule has 19 heavy (non-hydrogen) atoms. The summed E-state index contributed by atoms with van der Waals surface area (Å²) in [6.45, 7) is 17.5. The van der Waals surface area contributed by atoms with Crippen LogP contribution in [0.1, 0.15) is 47.0 Å². The van der Waals surface area contributed by atoms with E-state index in [-0.39, 0.29) is 11.4 Å². The zero-order valence-electron chi connectivity index (χ0n) is 12.8. The molecule has 1 atom stereocenters. The van der Waals surface area contributed by atoms with E-state index in [4.69, 9.17) is 0 Å². The van der Waals surface area contributed by atoms with E-state index in [1.165, 1.54) is 0 Å². The van der Waals surface area contributed by atoms with Crippen molar-refractivity contribution in [3.63, 3.8) is 0 Å². The molecule has 0 aromatic rings. The lowest BCUT2D eigenvalue weighted by atomic mass is 9.92. The first kappa shape index (κ1) is 16.0. The van der Waals surface area contributed by atoms with Gasteiger partial charge in [0.25, 0.3) is 0 Å². The Morgan fingerprint density at radius 3 is 2.53 bits per heavy atom. The van der Waals surface area contributed by atoms with Gasteiger partial charge >= 0.3 is 0 Å². The van der Waals surface area contributed by atoms with Crippen molar-refractivity contribution in [3.8, 4) is 0 Å². The Morgan fingerprint density at radius 1 is 1.42 bits per heavy atom. The van der Waals surface area contributed by atoms with Gasteiger partial charge in [0.15, 0.2) is 0 Å². The summed E-state index contributed by atoms with van der Waals surface area (Å²) in [5.74, 6) is -0.0249. The minimum Gasteiger partial charge on any atom is -0.312 e. The zero-order valence-corrected chi connectivity index (χ0v) is 12.8. The molecule has 0 radical (unpaired) electrons. The highest BCUT2D eigenvalue weighted by atomic mass is 19.1. The molecule has 0 aliphatic carbocycles. The van der Waals surface area contributed by atoms with E-state index in [1.807, 2.05) is 5.01 Å². The first-order valence-corrected chi connectivity index (χ1v) is 6.97. The van der Waals surface area contributed by atoms with Crippen molar-refractivity contribution in [2.45, 2.75) is 52.5 Å². The molecule has 0 amide bonds. The second-order valence-electron chi connectivity index (χ2n) is 5.78.